The van der Waals surface area contributed by atoms with E-state index in [-0.39, 0.29) is 5.41 Å². The first kappa shape index (κ1) is 8.57. The number of anilines is 1. The summed E-state index contributed by atoms with van der Waals surface area (Å²) < 4.78 is 0. The summed E-state index contributed by atoms with van der Waals surface area (Å²) in [6.07, 6.45) is -0.468. The van der Waals surface area contributed by atoms with Crippen molar-refractivity contribution in [2.24, 2.45) is 0 Å². The Balaban J connectivity index is 2.57. The maximum atomic E-state index is 9.76. The average Bonchev–Trinajstić information content (AvgIpc) is 2.27. The van der Waals surface area contributed by atoms with E-state index < -0.39 is 6.23 Å². The normalized spacial score (nSPS) is 23.8. The number of aliphatic hydroxyl groups excluding tert-OH is 1. The van der Waals surface area contributed by atoms with E-state index in [2.05, 4.69) is 38.2 Å². The second-order valence-electron chi connectivity index (χ2n) is 4.32. The van der Waals surface area contributed by atoms with E-state index >= 15 is 0 Å². The van der Waals surface area contributed by atoms with E-state index in [1.807, 2.05) is 6.07 Å². The van der Waals surface area contributed by atoms with Crippen molar-refractivity contribution in [2.75, 3.05) is 5.32 Å². The number of benzene rings is 1. The van der Waals surface area contributed by atoms with Gasteiger partial charge in [0, 0.05) is 11.1 Å². The van der Waals surface area contributed by atoms with Gasteiger partial charge in [0.2, 0.25) is 0 Å². The van der Waals surface area contributed by atoms with E-state index in [4.69, 9.17) is 0 Å². The standard InChI is InChI=1S/C11H15NO/c1-7-4-5-9-8(6-7)11(2,3)10(13)12-9/h4-6,10,12-13H,1-3H3. The van der Waals surface area contributed by atoms with Crippen LogP contribution in [-0.2, 0) is 5.41 Å². The lowest BCUT2D eigenvalue weighted by Gasteiger charge is -2.22. The van der Waals surface area contributed by atoms with Gasteiger partial charge in [-0.15, -0.1) is 0 Å². The summed E-state index contributed by atoms with van der Waals surface area (Å²) in [5.41, 5.74) is 3.33. The van der Waals surface area contributed by atoms with Crippen molar-refractivity contribution in [3.05, 3.63) is 29.3 Å². The van der Waals surface area contributed by atoms with Gasteiger partial charge < -0.3 is 10.4 Å². The van der Waals surface area contributed by atoms with E-state index in [1.54, 1.807) is 0 Å². The first-order valence-corrected chi connectivity index (χ1v) is 4.57. The molecule has 0 aliphatic carbocycles. The Kier molecular flexibility index (Phi) is 1.64. The quantitative estimate of drug-likeness (QED) is 0.635. The van der Waals surface area contributed by atoms with Crippen LogP contribution in [0.3, 0.4) is 0 Å². The summed E-state index contributed by atoms with van der Waals surface area (Å²) in [5, 5.41) is 12.8. The molecule has 0 amide bonds. The summed E-state index contributed by atoms with van der Waals surface area (Å²) in [5.74, 6) is 0. The van der Waals surface area contributed by atoms with Crippen LogP contribution in [0.1, 0.15) is 25.0 Å². The molecule has 1 aliphatic rings. The van der Waals surface area contributed by atoms with Crippen LogP contribution < -0.4 is 5.32 Å². The number of aliphatic hydroxyl groups is 1. The molecule has 2 heteroatoms. The minimum absolute atomic E-state index is 0.179. The van der Waals surface area contributed by atoms with Gasteiger partial charge >= 0.3 is 0 Å². The molecule has 1 unspecified atom stereocenters. The molecule has 1 atom stereocenters. The Bertz CT molecular complexity index is 344. The number of hydrogen-bond donors (Lipinski definition) is 2. The van der Waals surface area contributed by atoms with E-state index in [0.717, 1.165) is 5.69 Å². The molecule has 2 rings (SSSR count). The largest absolute Gasteiger partial charge is 0.373 e. The fourth-order valence-corrected chi connectivity index (χ4v) is 1.79. The van der Waals surface area contributed by atoms with Crippen LogP contribution in [0.2, 0.25) is 0 Å². The molecular weight excluding hydrogens is 162 g/mol. The lowest BCUT2D eigenvalue weighted by molar-refractivity contribution is 0.137. The zero-order chi connectivity index (χ0) is 9.64. The van der Waals surface area contributed by atoms with Gasteiger partial charge in [0.05, 0.1) is 0 Å². The van der Waals surface area contributed by atoms with E-state index in [9.17, 15) is 5.11 Å². The highest BCUT2D eigenvalue weighted by Crippen LogP contribution is 2.39. The minimum atomic E-state index is -0.468. The van der Waals surface area contributed by atoms with Crippen molar-refractivity contribution < 1.29 is 5.11 Å². The van der Waals surface area contributed by atoms with Gasteiger partial charge in [-0.25, -0.2) is 0 Å². The summed E-state index contributed by atoms with van der Waals surface area (Å²) in [4.78, 5) is 0. The number of fused-ring (bicyclic) bond motifs is 1. The van der Waals surface area contributed by atoms with Crippen molar-refractivity contribution in [1.29, 1.82) is 0 Å². The molecule has 0 spiro atoms. The first-order valence-electron chi connectivity index (χ1n) is 4.57. The summed E-state index contributed by atoms with van der Waals surface area (Å²) in [6, 6.07) is 6.22. The Labute approximate surface area is 78.6 Å². The Hall–Kier alpha value is -1.02. The van der Waals surface area contributed by atoms with Crippen LogP contribution in [0, 0.1) is 6.92 Å². The summed E-state index contributed by atoms with van der Waals surface area (Å²) in [6.45, 7) is 6.17. The Morgan fingerprint density at radius 3 is 2.77 bits per heavy atom. The van der Waals surface area contributed by atoms with Gasteiger partial charge in [-0.3, -0.25) is 0 Å². The molecule has 0 aromatic heterocycles. The van der Waals surface area contributed by atoms with Crippen LogP contribution >= 0.6 is 0 Å². The zero-order valence-electron chi connectivity index (χ0n) is 8.26. The van der Waals surface area contributed by atoms with Crippen molar-refractivity contribution >= 4 is 5.69 Å². The van der Waals surface area contributed by atoms with Crippen molar-refractivity contribution in [2.45, 2.75) is 32.4 Å². The lowest BCUT2D eigenvalue weighted by atomic mass is 9.85. The Morgan fingerprint density at radius 2 is 2.08 bits per heavy atom. The highest BCUT2D eigenvalue weighted by Gasteiger charge is 2.37. The maximum Gasteiger partial charge on any atom is 0.133 e. The van der Waals surface area contributed by atoms with Gasteiger partial charge in [0.15, 0.2) is 0 Å². The van der Waals surface area contributed by atoms with Crippen molar-refractivity contribution in [3.63, 3.8) is 0 Å². The number of rotatable bonds is 0. The fraction of sp³-hybridized carbons (Fsp3) is 0.455. The molecule has 0 fully saturated rings. The van der Waals surface area contributed by atoms with Gasteiger partial charge in [0.25, 0.3) is 0 Å². The molecule has 0 bridgehead atoms. The predicted molar refractivity (Wildman–Crippen MR) is 53.8 cm³/mol. The van der Waals surface area contributed by atoms with Crippen LogP contribution in [0.15, 0.2) is 18.2 Å². The molecule has 0 radical (unpaired) electrons. The highest BCUT2D eigenvalue weighted by molar-refractivity contribution is 5.61. The Morgan fingerprint density at radius 1 is 1.38 bits per heavy atom. The molecular formula is C11H15NO. The molecule has 1 aromatic carbocycles. The SMILES string of the molecule is Cc1ccc2c(c1)C(C)(C)C(O)N2. The molecule has 0 saturated heterocycles. The molecule has 1 aliphatic heterocycles. The average molecular weight is 177 g/mol. The van der Waals surface area contributed by atoms with Crippen LogP contribution in [0.25, 0.3) is 0 Å². The molecule has 2 N–H and O–H groups in total. The molecule has 70 valence electrons. The van der Waals surface area contributed by atoms with Gasteiger partial charge in [-0.2, -0.15) is 0 Å². The van der Waals surface area contributed by atoms with Crippen LogP contribution in [-0.4, -0.2) is 11.3 Å². The summed E-state index contributed by atoms with van der Waals surface area (Å²) in [7, 11) is 0. The van der Waals surface area contributed by atoms with Crippen LogP contribution in [0.5, 0.6) is 0 Å². The number of hydrogen-bond acceptors (Lipinski definition) is 2. The van der Waals surface area contributed by atoms with Gasteiger partial charge in [-0.05, 0) is 18.6 Å². The van der Waals surface area contributed by atoms with Crippen molar-refractivity contribution in [1.82, 2.24) is 0 Å². The van der Waals surface area contributed by atoms with Crippen molar-refractivity contribution in [3.8, 4) is 0 Å². The second kappa shape index (κ2) is 2.48. The van der Waals surface area contributed by atoms with E-state index in [1.165, 1.54) is 11.1 Å². The number of nitrogens with one attached hydrogen (secondary N) is 1. The maximum absolute atomic E-state index is 9.76. The molecule has 13 heavy (non-hydrogen) atoms. The third-order valence-electron chi connectivity index (χ3n) is 2.85. The minimum Gasteiger partial charge on any atom is -0.373 e. The lowest BCUT2D eigenvalue weighted by Crippen LogP contribution is -2.32. The fourth-order valence-electron chi connectivity index (χ4n) is 1.79. The number of aryl methyl sites for hydroxylation is 1. The smallest absolute Gasteiger partial charge is 0.133 e. The molecule has 0 saturated carbocycles. The first-order chi connectivity index (χ1) is 6.01. The highest BCUT2D eigenvalue weighted by atomic mass is 16.3. The third kappa shape index (κ3) is 1.13. The van der Waals surface area contributed by atoms with Gasteiger partial charge in [-0.1, -0.05) is 31.5 Å². The van der Waals surface area contributed by atoms with Crippen LogP contribution in [0.4, 0.5) is 5.69 Å². The monoisotopic (exact) mass is 177 g/mol. The topological polar surface area (TPSA) is 32.3 Å². The predicted octanol–water partition coefficient (Wildman–Crippen LogP) is 2.02. The van der Waals surface area contributed by atoms with E-state index in [0.29, 0.717) is 0 Å². The zero-order valence-corrected chi connectivity index (χ0v) is 8.26. The third-order valence-corrected chi connectivity index (χ3v) is 2.85. The summed E-state index contributed by atoms with van der Waals surface area (Å²) >= 11 is 0. The molecule has 1 aromatic rings. The molecule has 1 heterocycles. The second-order valence-corrected chi connectivity index (χ2v) is 4.32. The molecule has 2 nitrogen and oxygen atoms in total. The van der Waals surface area contributed by atoms with Gasteiger partial charge in [0.1, 0.15) is 6.23 Å².